The van der Waals surface area contributed by atoms with E-state index in [1.54, 1.807) is 6.92 Å². The summed E-state index contributed by atoms with van der Waals surface area (Å²) in [4.78, 5) is 32.8. The van der Waals surface area contributed by atoms with Crippen LogP contribution in [0.15, 0.2) is 0 Å². The van der Waals surface area contributed by atoms with E-state index in [1.807, 2.05) is 0 Å². The van der Waals surface area contributed by atoms with Crippen LogP contribution in [0, 0.1) is 5.92 Å². The minimum absolute atomic E-state index is 0.112. The highest BCUT2D eigenvalue weighted by atomic mass is 16.4. The molecular weight excluding hydrogens is 212 g/mol. The van der Waals surface area contributed by atoms with E-state index in [0.717, 1.165) is 0 Å². The molecule has 0 radical (unpaired) electrons. The van der Waals surface area contributed by atoms with Crippen molar-refractivity contribution in [1.29, 1.82) is 0 Å². The minimum Gasteiger partial charge on any atom is -0.481 e. The van der Waals surface area contributed by atoms with Crippen LogP contribution in [0.1, 0.15) is 26.2 Å². The Balaban J connectivity index is 2.20. The van der Waals surface area contributed by atoms with Gasteiger partial charge >= 0.3 is 5.97 Å². The summed E-state index contributed by atoms with van der Waals surface area (Å²) in [5.74, 6) is -1.69. The lowest BCUT2D eigenvalue weighted by atomic mass is 10.1. The van der Waals surface area contributed by atoms with E-state index in [4.69, 9.17) is 5.11 Å². The van der Waals surface area contributed by atoms with Gasteiger partial charge in [0, 0.05) is 13.0 Å². The second kappa shape index (κ2) is 5.48. The molecule has 1 saturated heterocycles. The summed E-state index contributed by atoms with van der Waals surface area (Å²) < 4.78 is 0. The fourth-order valence-electron chi connectivity index (χ4n) is 1.47. The molecule has 0 aromatic rings. The van der Waals surface area contributed by atoms with E-state index >= 15 is 0 Å². The minimum atomic E-state index is -0.872. The van der Waals surface area contributed by atoms with Gasteiger partial charge in [0.1, 0.15) is 6.04 Å². The molecule has 0 aromatic heterocycles. The van der Waals surface area contributed by atoms with Crippen LogP contribution in [0.3, 0.4) is 0 Å². The highest BCUT2D eigenvalue weighted by Crippen LogP contribution is 2.06. The van der Waals surface area contributed by atoms with Crippen molar-refractivity contribution >= 4 is 17.8 Å². The summed E-state index contributed by atoms with van der Waals surface area (Å²) in [5.41, 5.74) is 0. The summed E-state index contributed by atoms with van der Waals surface area (Å²) in [6.45, 7) is 1.91. The van der Waals surface area contributed by atoms with Gasteiger partial charge in [-0.2, -0.15) is 0 Å². The number of carboxylic acid groups (broad SMARTS) is 1. The van der Waals surface area contributed by atoms with Crippen molar-refractivity contribution in [2.45, 2.75) is 32.2 Å². The van der Waals surface area contributed by atoms with Crippen molar-refractivity contribution in [3.8, 4) is 0 Å². The Morgan fingerprint density at radius 1 is 1.62 bits per heavy atom. The zero-order valence-electron chi connectivity index (χ0n) is 9.16. The third kappa shape index (κ3) is 3.52. The lowest BCUT2D eigenvalue weighted by Gasteiger charge is -2.11. The third-order valence-corrected chi connectivity index (χ3v) is 2.61. The Bertz CT molecular complexity index is 303. The molecule has 0 aromatic carbocycles. The predicted octanol–water partition coefficient (Wildman–Crippen LogP) is -0.508. The Morgan fingerprint density at radius 2 is 2.31 bits per heavy atom. The highest BCUT2D eigenvalue weighted by molar-refractivity contribution is 5.90. The fraction of sp³-hybridized carbons (Fsp3) is 0.700. The molecule has 2 atom stereocenters. The highest BCUT2D eigenvalue weighted by Gasteiger charge is 2.26. The summed E-state index contributed by atoms with van der Waals surface area (Å²) in [6, 6.07) is -0.451. The van der Waals surface area contributed by atoms with E-state index < -0.39 is 17.9 Å². The average molecular weight is 228 g/mol. The van der Waals surface area contributed by atoms with Crippen molar-refractivity contribution in [3.05, 3.63) is 0 Å². The lowest BCUT2D eigenvalue weighted by molar-refractivity contribution is -0.141. The number of carbonyl (C=O) groups is 3. The molecule has 0 bridgehead atoms. The lowest BCUT2D eigenvalue weighted by Crippen LogP contribution is -2.42. The molecule has 0 aliphatic carbocycles. The van der Waals surface area contributed by atoms with Crippen LogP contribution in [0.5, 0.6) is 0 Å². The first kappa shape index (κ1) is 12.5. The molecule has 0 saturated carbocycles. The number of rotatable bonds is 5. The van der Waals surface area contributed by atoms with Crippen molar-refractivity contribution in [1.82, 2.24) is 10.6 Å². The van der Waals surface area contributed by atoms with Gasteiger partial charge in [0.05, 0.1) is 5.92 Å². The zero-order chi connectivity index (χ0) is 12.1. The van der Waals surface area contributed by atoms with Crippen molar-refractivity contribution in [2.24, 2.45) is 5.92 Å². The topological polar surface area (TPSA) is 95.5 Å². The molecule has 0 spiro atoms. The Morgan fingerprint density at radius 3 is 2.81 bits per heavy atom. The molecule has 3 N–H and O–H groups in total. The quantitative estimate of drug-likeness (QED) is 0.590. The number of carboxylic acids is 1. The maximum atomic E-state index is 11.5. The first-order valence-electron chi connectivity index (χ1n) is 5.30. The Hall–Kier alpha value is -1.59. The molecule has 1 fully saturated rings. The van der Waals surface area contributed by atoms with Crippen LogP contribution >= 0.6 is 0 Å². The van der Waals surface area contributed by atoms with Crippen LogP contribution in [0.25, 0.3) is 0 Å². The molecule has 90 valence electrons. The molecule has 1 unspecified atom stereocenters. The second-order valence-electron chi connectivity index (χ2n) is 3.98. The van der Waals surface area contributed by atoms with Gasteiger partial charge in [-0.3, -0.25) is 14.4 Å². The van der Waals surface area contributed by atoms with Crippen LogP contribution < -0.4 is 10.6 Å². The molecule has 1 aliphatic rings. The second-order valence-corrected chi connectivity index (χ2v) is 3.98. The Kier molecular flexibility index (Phi) is 4.28. The van der Waals surface area contributed by atoms with Gasteiger partial charge in [-0.1, -0.05) is 6.92 Å². The van der Waals surface area contributed by atoms with Crippen LogP contribution in [0.2, 0.25) is 0 Å². The van der Waals surface area contributed by atoms with Gasteiger partial charge in [0.15, 0.2) is 0 Å². The molecule has 2 amide bonds. The van der Waals surface area contributed by atoms with Gasteiger partial charge in [-0.15, -0.1) is 0 Å². The first-order valence-corrected chi connectivity index (χ1v) is 5.30. The number of nitrogens with one attached hydrogen (secondary N) is 2. The van der Waals surface area contributed by atoms with Crippen LogP contribution in [-0.4, -0.2) is 35.5 Å². The van der Waals surface area contributed by atoms with Gasteiger partial charge in [0.25, 0.3) is 0 Å². The molecule has 1 heterocycles. The average Bonchev–Trinajstić information content (AvgIpc) is 2.64. The van der Waals surface area contributed by atoms with Crippen molar-refractivity contribution in [2.75, 3.05) is 6.54 Å². The largest absolute Gasteiger partial charge is 0.481 e. The first-order chi connectivity index (χ1) is 7.50. The summed E-state index contributed by atoms with van der Waals surface area (Å²) in [6.07, 6.45) is 1.28. The maximum Gasteiger partial charge on any atom is 0.306 e. The van der Waals surface area contributed by atoms with Gasteiger partial charge in [-0.25, -0.2) is 0 Å². The fourth-order valence-corrected chi connectivity index (χ4v) is 1.47. The maximum absolute atomic E-state index is 11.5. The Labute approximate surface area is 93.4 Å². The number of carbonyl (C=O) groups excluding carboxylic acids is 2. The summed E-state index contributed by atoms with van der Waals surface area (Å²) >= 11 is 0. The molecule has 1 aliphatic heterocycles. The standard InChI is InChI=1S/C10H16N2O4/c1-6(10(15)16)4-5-11-9(14)7-2-3-8(13)12-7/h6-7H,2-5H2,1H3,(H,11,14)(H,12,13)(H,15,16)/t6?,7-/m0/s1. The third-order valence-electron chi connectivity index (χ3n) is 2.61. The van der Waals surface area contributed by atoms with E-state index in [2.05, 4.69) is 10.6 Å². The molecule has 6 nitrogen and oxygen atoms in total. The van der Waals surface area contributed by atoms with Gasteiger partial charge < -0.3 is 15.7 Å². The van der Waals surface area contributed by atoms with Crippen molar-refractivity contribution < 1.29 is 19.5 Å². The number of aliphatic carboxylic acids is 1. The zero-order valence-corrected chi connectivity index (χ0v) is 9.16. The predicted molar refractivity (Wildman–Crippen MR) is 55.6 cm³/mol. The molecule has 1 rings (SSSR count). The molecular formula is C10H16N2O4. The van der Waals surface area contributed by atoms with Crippen molar-refractivity contribution in [3.63, 3.8) is 0 Å². The van der Waals surface area contributed by atoms with Crippen LogP contribution in [-0.2, 0) is 14.4 Å². The number of hydrogen-bond donors (Lipinski definition) is 3. The van der Waals surface area contributed by atoms with Gasteiger partial charge in [0.2, 0.25) is 11.8 Å². The monoisotopic (exact) mass is 228 g/mol. The van der Waals surface area contributed by atoms with Gasteiger partial charge in [-0.05, 0) is 12.8 Å². The van der Waals surface area contributed by atoms with E-state index in [-0.39, 0.29) is 11.8 Å². The molecule has 16 heavy (non-hydrogen) atoms. The van der Waals surface area contributed by atoms with E-state index in [0.29, 0.717) is 25.8 Å². The SMILES string of the molecule is CC(CCNC(=O)[C@@H]1CCC(=O)N1)C(=O)O. The summed E-state index contributed by atoms with van der Waals surface area (Å²) in [5, 5.41) is 13.8. The van der Waals surface area contributed by atoms with E-state index in [1.165, 1.54) is 0 Å². The summed E-state index contributed by atoms with van der Waals surface area (Å²) in [7, 11) is 0. The number of amides is 2. The van der Waals surface area contributed by atoms with Crippen LogP contribution in [0.4, 0.5) is 0 Å². The number of hydrogen-bond acceptors (Lipinski definition) is 3. The smallest absolute Gasteiger partial charge is 0.306 e. The normalized spacial score (nSPS) is 21.3. The van der Waals surface area contributed by atoms with E-state index in [9.17, 15) is 14.4 Å². The molecule has 6 heteroatoms.